The lowest BCUT2D eigenvalue weighted by Crippen LogP contribution is -2.36. The first-order valence-electron chi connectivity index (χ1n) is 6.27. The number of hydrogen-bond acceptors (Lipinski definition) is 3. The summed E-state index contributed by atoms with van der Waals surface area (Å²) in [6.07, 6.45) is 1.89. The van der Waals surface area contributed by atoms with E-state index in [0.29, 0.717) is 6.54 Å². The van der Waals surface area contributed by atoms with Crippen LogP contribution in [0, 0.1) is 6.92 Å². The molecule has 0 spiro atoms. The molecule has 0 bridgehead atoms. The van der Waals surface area contributed by atoms with Gasteiger partial charge in [0.2, 0.25) is 0 Å². The quantitative estimate of drug-likeness (QED) is 0.398. The molecule has 1 heterocycles. The number of nitrogens with one attached hydrogen (secondary N) is 2. The zero-order chi connectivity index (χ0) is 14.4. The molecule has 2 aromatic rings. The van der Waals surface area contributed by atoms with Crippen molar-refractivity contribution in [2.45, 2.75) is 20.0 Å². The lowest BCUT2D eigenvalue weighted by molar-refractivity contribution is 0.805. The summed E-state index contributed by atoms with van der Waals surface area (Å²) in [5.41, 5.74) is 1.20. The molecule has 0 radical (unpaired) electrons. The van der Waals surface area contributed by atoms with Crippen LogP contribution in [0.15, 0.2) is 39.9 Å². The van der Waals surface area contributed by atoms with Gasteiger partial charge >= 0.3 is 0 Å². The van der Waals surface area contributed by atoms with E-state index in [9.17, 15) is 0 Å². The molecule has 7 heteroatoms. The van der Waals surface area contributed by atoms with Crippen molar-refractivity contribution in [3.05, 3.63) is 50.4 Å². The summed E-state index contributed by atoms with van der Waals surface area (Å²) in [5.74, 6) is 0.776. The summed E-state index contributed by atoms with van der Waals surface area (Å²) in [6.45, 7) is 3.48. The molecule has 0 saturated heterocycles. The van der Waals surface area contributed by atoms with E-state index in [1.54, 1.807) is 18.4 Å². The van der Waals surface area contributed by atoms with Gasteiger partial charge in [-0.15, -0.1) is 35.3 Å². The molecule has 0 aliphatic rings. The number of nitrogens with zero attached hydrogens (tertiary/aromatic N) is 2. The van der Waals surface area contributed by atoms with Crippen molar-refractivity contribution in [2.24, 2.45) is 4.99 Å². The molecule has 0 aliphatic carbocycles. The minimum absolute atomic E-state index is 0. The fraction of sp³-hybridized carbons (Fsp3) is 0.286. The second-order valence-corrected chi connectivity index (χ2v) is 6.51. The number of guanidine groups is 1. The lowest BCUT2D eigenvalue weighted by atomic mass is 10.2. The van der Waals surface area contributed by atoms with Gasteiger partial charge in [0, 0.05) is 29.1 Å². The average Bonchev–Trinajstić information content (AvgIpc) is 2.85. The Bertz CT molecular complexity index is 600. The van der Waals surface area contributed by atoms with Crippen LogP contribution in [0.1, 0.15) is 15.4 Å². The van der Waals surface area contributed by atoms with Gasteiger partial charge in [-0.3, -0.25) is 4.99 Å². The van der Waals surface area contributed by atoms with Gasteiger partial charge in [0.15, 0.2) is 5.96 Å². The van der Waals surface area contributed by atoms with Gasteiger partial charge in [-0.25, -0.2) is 4.98 Å². The SMILES string of the molecule is CN=C(NCc1cccc(Br)c1)NCc1ncc(C)s1.I. The topological polar surface area (TPSA) is 49.3 Å². The van der Waals surface area contributed by atoms with E-state index in [4.69, 9.17) is 0 Å². The molecule has 1 aromatic heterocycles. The Labute approximate surface area is 154 Å². The number of benzene rings is 1. The maximum atomic E-state index is 4.32. The van der Waals surface area contributed by atoms with Crippen molar-refractivity contribution < 1.29 is 0 Å². The Morgan fingerprint density at radius 3 is 2.71 bits per heavy atom. The fourth-order valence-electron chi connectivity index (χ4n) is 1.70. The molecule has 0 saturated carbocycles. The normalized spacial score (nSPS) is 10.9. The number of aliphatic imine (C=N–C) groups is 1. The van der Waals surface area contributed by atoms with Crippen molar-refractivity contribution in [3.63, 3.8) is 0 Å². The number of hydrogen-bond donors (Lipinski definition) is 2. The lowest BCUT2D eigenvalue weighted by Gasteiger charge is -2.11. The Morgan fingerprint density at radius 2 is 2.10 bits per heavy atom. The van der Waals surface area contributed by atoms with E-state index < -0.39 is 0 Å². The first kappa shape index (κ1) is 18.4. The summed E-state index contributed by atoms with van der Waals surface area (Å²) < 4.78 is 1.08. The largest absolute Gasteiger partial charge is 0.352 e. The highest BCUT2D eigenvalue weighted by atomic mass is 127. The van der Waals surface area contributed by atoms with E-state index >= 15 is 0 Å². The highest BCUT2D eigenvalue weighted by Gasteiger charge is 2.02. The maximum absolute atomic E-state index is 4.32. The monoisotopic (exact) mass is 480 g/mol. The second-order valence-electron chi connectivity index (χ2n) is 4.27. The molecule has 4 nitrogen and oxygen atoms in total. The van der Waals surface area contributed by atoms with Crippen LogP contribution in [0.2, 0.25) is 0 Å². The van der Waals surface area contributed by atoms with E-state index in [1.807, 2.05) is 18.3 Å². The van der Waals surface area contributed by atoms with Crippen LogP contribution in [0.25, 0.3) is 0 Å². The molecule has 0 amide bonds. The highest BCUT2D eigenvalue weighted by Crippen LogP contribution is 2.11. The second kappa shape index (κ2) is 9.37. The van der Waals surface area contributed by atoms with Gasteiger partial charge < -0.3 is 10.6 Å². The number of halogens is 2. The van der Waals surface area contributed by atoms with Gasteiger partial charge in [-0.2, -0.15) is 0 Å². The molecule has 0 atom stereocenters. The van der Waals surface area contributed by atoms with Crippen LogP contribution < -0.4 is 10.6 Å². The zero-order valence-corrected chi connectivity index (χ0v) is 16.6. The van der Waals surface area contributed by atoms with Gasteiger partial charge in [0.05, 0.1) is 6.54 Å². The first-order valence-corrected chi connectivity index (χ1v) is 7.88. The molecule has 0 fully saturated rings. The third kappa shape index (κ3) is 6.31. The maximum Gasteiger partial charge on any atom is 0.191 e. The van der Waals surface area contributed by atoms with Crippen molar-refractivity contribution in [1.82, 2.24) is 15.6 Å². The number of thiazole rings is 1. The highest BCUT2D eigenvalue weighted by molar-refractivity contribution is 14.0. The van der Waals surface area contributed by atoms with Crippen LogP contribution in [0.3, 0.4) is 0 Å². The van der Waals surface area contributed by atoms with Gasteiger partial charge in [0.1, 0.15) is 5.01 Å². The van der Waals surface area contributed by atoms with Gasteiger partial charge in [0.25, 0.3) is 0 Å². The smallest absolute Gasteiger partial charge is 0.191 e. The Hall–Kier alpha value is -0.670. The van der Waals surface area contributed by atoms with Gasteiger partial charge in [-0.05, 0) is 24.6 Å². The molecule has 2 rings (SSSR count). The fourth-order valence-corrected chi connectivity index (χ4v) is 2.87. The number of rotatable bonds is 4. The Kier molecular flexibility index (Phi) is 8.20. The van der Waals surface area contributed by atoms with E-state index in [-0.39, 0.29) is 24.0 Å². The van der Waals surface area contributed by atoms with Crippen LogP contribution in [-0.2, 0) is 13.1 Å². The van der Waals surface area contributed by atoms with Gasteiger partial charge in [-0.1, -0.05) is 28.1 Å². The predicted octanol–water partition coefficient (Wildman–Crippen LogP) is 3.70. The Balaban J connectivity index is 0.00000220. The molecule has 114 valence electrons. The Morgan fingerprint density at radius 1 is 1.33 bits per heavy atom. The number of aryl methyl sites for hydroxylation is 1. The summed E-state index contributed by atoms with van der Waals surface area (Å²) in [6, 6.07) is 8.21. The van der Waals surface area contributed by atoms with E-state index in [0.717, 1.165) is 22.0 Å². The van der Waals surface area contributed by atoms with E-state index in [1.165, 1.54) is 10.4 Å². The summed E-state index contributed by atoms with van der Waals surface area (Å²) in [7, 11) is 1.77. The molecular formula is C14H18BrIN4S. The van der Waals surface area contributed by atoms with Crippen molar-refractivity contribution >= 4 is 57.2 Å². The van der Waals surface area contributed by atoms with Crippen molar-refractivity contribution in [2.75, 3.05) is 7.05 Å². The minimum Gasteiger partial charge on any atom is -0.352 e. The van der Waals surface area contributed by atoms with Crippen LogP contribution in [-0.4, -0.2) is 18.0 Å². The molecule has 2 N–H and O–H groups in total. The summed E-state index contributed by atoms with van der Waals surface area (Å²) >= 11 is 5.16. The summed E-state index contributed by atoms with van der Waals surface area (Å²) in [4.78, 5) is 9.75. The molecule has 0 aliphatic heterocycles. The van der Waals surface area contributed by atoms with E-state index in [2.05, 4.69) is 55.6 Å². The zero-order valence-electron chi connectivity index (χ0n) is 11.9. The third-order valence-corrected chi connectivity index (χ3v) is 4.05. The molecular weight excluding hydrogens is 463 g/mol. The minimum atomic E-state index is 0. The molecule has 1 aromatic carbocycles. The van der Waals surface area contributed by atoms with Crippen molar-refractivity contribution in [3.8, 4) is 0 Å². The predicted molar refractivity (Wildman–Crippen MR) is 103 cm³/mol. The molecule has 0 unspecified atom stereocenters. The molecule has 21 heavy (non-hydrogen) atoms. The number of aromatic nitrogens is 1. The van der Waals surface area contributed by atoms with Crippen LogP contribution >= 0.6 is 51.2 Å². The van der Waals surface area contributed by atoms with Crippen LogP contribution in [0.4, 0.5) is 0 Å². The van der Waals surface area contributed by atoms with Crippen LogP contribution in [0.5, 0.6) is 0 Å². The third-order valence-electron chi connectivity index (χ3n) is 2.65. The van der Waals surface area contributed by atoms with Crippen molar-refractivity contribution in [1.29, 1.82) is 0 Å². The summed E-state index contributed by atoms with van der Waals surface area (Å²) in [5, 5.41) is 7.61. The standard InChI is InChI=1S/C14H17BrN4S.HI/c1-10-7-17-13(20-10)9-19-14(16-2)18-8-11-4-3-5-12(15)6-11;/h3-7H,8-9H2,1-2H3,(H2,16,18,19);1H. The first-order chi connectivity index (χ1) is 9.67. The average molecular weight is 481 g/mol.